The van der Waals surface area contributed by atoms with Crippen molar-refractivity contribution in [3.63, 3.8) is 0 Å². The highest BCUT2D eigenvalue weighted by Gasteiger charge is 2.23. The van der Waals surface area contributed by atoms with Gasteiger partial charge in [0.2, 0.25) is 0 Å². The van der Waals surface area contributed by atoms with Crippen LogP contribution in [0.4, 0.5) is 0 Å². The Morgan fingerprint density at radius 3 is 2.32 bits per heavy atom. The number of hydrogen-bond donors (Lipinski definition) is 0. The molecule has 0 saturated carbocycles. The molecule has 1 saturated heterocycles. The highest BCUT2D eigenvalue weighted by Crippen LogP contribution is 2.19. The number of furan rings is 1. The smallest absolute Gasteiger partial charge is 0.289 e. The Morgan fingerprint density at radius 2 is 1.76 bits per heavy atom. The summed E-state index contributed by atoms with van der Waals surface area (Å²) in [5.74, 6) is 1.29. The van der Waals surface area contributed by atoms with Gasteiger partial charge in [0, 0.05) is 32.7 Å². The summed E-state index contributed by atoms with van der Waals surface area (Å²) in [7, 11) is 0. The van der Waals surface area contributed by atoms with Crippen molar-refractivity contribution < 1.29 is 13.9 Å². The van der Waals surface area contributed by atoms with Crippen molar-refractivity contribution in [1.82, 2.24) is 9.80 Å². The van der Waals surface area contributed by atoms with Crippen LogP contribution in [0.2, 0.25) is 0 Å². The van der Waals surface area contributed by atoms with Gasteiger partial charge >= 0.3 is 0 Å². The summed E-state index contributed by atoms with van der Waals surface area (Å²) >= 11 is 0. The maximum absolute atomic E-state index is 12.3. The van der Waals surface area contributed by atoms with E-state index >= 15 is 0 Å². The van der Waals surface area contributed by atoms with E-state index in [1.165, 1.54) is 11.8 Å². The third-order valence-corrected chi connectivity index (χ3v) is 4.15. The van der Waals surface area contributed by atoms with Crippen LogP contribution in [0.1, 0.15) is 36.9 Å². The number of carbonyl (C=O) groups excluding carboxylic acids is 1. The minimum absolute atomic E-state index is 0.0201. The first kappa shape index (κ1) is 17.5. The molecule has 1 amide bonds. The fraction of sp³-hybridized carbons (Fsp3) is 0.450. The van der Waals surface area contributed by atoms with E-state index in [9.17, 15) is 4.79 Å². The summed E-state index contributed by atoms with van der Waals surface area (Å²) < 4.78 is 11.1. The van der Waals surface area contributed by atoms with Gasteiger partial charge in [-0.2, -0.15) is 0 Å². The number of ether oxygens (including phenoxy) is 1. The van der Waals surface area contributed by atoms with Crippen LogP contribution in [-0.2, 0) is 6.54 Å². The summed E-state index contributed by atoms with van der Waals surface area (Å²) in [6, 6.07) is 11.7. The van der Waals surface area contributed by atoms with Crippen LogP contribution in [0.3, 0.4) is 0 Å². The van der Waals surface area contributed by atoms with Crippen molar-refractivity contribution in [3.05, 3.63) is 54.0 Å². The number of amides is 1. The average Bonchev–Trinajstić information content (AvgIpc) is 3.10. The first-order valence-electron chi connectivity index (χ1n) is 8.74. The molecular formula is C20H26N2O3. The third-order valence-electron chi connectivity index (χ3n) is 4.15. The Bertz CT molecular complexity index is 679. The molecule has 3 rings (SSSR count). The van der Waals surface area contributed by atoms with Gasteiger partial charge in [-0.1, -0.05) is 12.1 Å². The second kappa shape index (κ2) is 7.31. The zero-order valence-corrected chi connectivity index (χ0v) is 15.2. The van der Waals surface area contributed by atoms with Crippen LogP contribution in [-0.4, -0.2) is 47.5 Å². The van der Waals surface area contributed by atoms with Gasteiger partial charge in [-0.3, -0.25) is 9.69 Å². The number of rotatable bonds is 4. The van der Waals surface area contributed by atoms with Crippen LogP contribution >= 0.6 is 0 Å². The van der Waals surface area contributed by atoms with Gasteiger partial charge in [-0.15, -0.1) is 0 Å². The van der Waals surface area contributed by atoms with Gasteiger partial charge in [-0.05, 0) is 50.6 Å². The van der Waals surface area contributed by atoms with Gasteiger partial charge in [-0.25, -0.2) is 0 Å². The van der Waals surface area contributed by atoms with Crippen molar-refractivity contribution in [2.45, 2.75) is 32.9 Å². The van der Waals surface area contributed by atoms with Crippen LogP contribution < -0.4 is 4.74 Å². The van der Waals surface area contributed by atoms with Gasteiger partial charge in [0.05, 0.1) is 6.26 Å². The molecule has 5 nitrogen and oxygen atoms in total. The maximum Gasteiger partial charge on any atom is 0.289 e. The maximum atomic E-state index is 12.3. The van der Waals surface area contributed by atoms with Crippen LogP contribution in [0.15, 0.2) is 47.1 Å². The lowest BCUT2D eigenvalue weighted by molar-refractivity contribution is 0.0597. The van der Waals surface area contributed by atoms with E-state index in [4.69, 9.17) is 9.15 Å². The fourth-order valence-electron chi connectivity index (χ4n) is 2.94. The second-order valence-electron chi connectivity index (χ2n) is 7.40. The van der Waals surface area contributed by atoms with Crippen molar-refractivity contribution in [2.24, 2.45) is 0 Å². The lowest BCUT2D eigenvalue weighted by Gasteiger charge is -2.34. The molecule has 1 aromatic carbocycles. The molecule has 0 N–H and O–H groups in total. The first-order chi connectivity index (χ1) is 11.9. The molecule has 1 fully saturated rings. The van der Waals surface area contributed by atoms with Crippen molar-refractivity contribution in [3.8, 4) is 5.75 Å². The monoisotopic (exact) mass is 342 g/mol. The van der Waals surface area contributed by atoms with E-state index < -0.39 is 0 Å². The molecule has 2 aromatic rings. The zero-order valence-electron chi connectivity index (χ0n) is 15.2. The van der Waals surface area contributed by atoms with E-state index in [2.05, 4.69) is 17.0 Å². The normalized spacial score (nSPS) is 16.0. The van der Waals surface area contributed by atoms with E-state index in [1.807, 2.05) is 37.8 Å². The minimum atomic E-state index is -0.182. The highest BCUT2D eigenvalue weighted by molar-refractivity contribution is 5.91. The Labute approximate surface area is 149 Å². The topological polar surface area (TPSA) is 45.9 Å². The molecule has 0 unspecified atom stereocenters. The van der Waals surface area contributed by atoms with Crippen molar-refractivity contribution >= 4 is 5.91 Å². The molecule has 0 atom stereocenters. The Morgan fingerprint density at radius 1 is 1.08 bits per heavy atom. The molecule has 2 heterocycles. The van der Waals surface area contributed by atoms with E-state index in [0.29, 0.717) is 5.76 Å². The van der Waals surface area contributed by atoms with Crippen molar-refractivity contribution in [1.29, 1.82) is 0 Å². The first-order valence-corrected chi connectivity index (χ1v) is 8.74. The van der Waals surface area contributed by atoms with Gasteiger partial charge in [0.15, 0.2) is 5.76 Å². The van der Waals surface area contributed by atoms with E-state index in [-0.39, 0.29) is 11.5 Å². The molecule has 1 aliphatic heterocycles. The molecule has 0 aliphatic carbocycles. The second-order valence-corrected chi connectivity index (χ2v) is 7.40. The Kier molecular flexibility index (Phi) is 5.13. The fourth-order valence-corrected chi connectivity index (χ4v) is 2.94. The lowest BCUT2D eigenvalue weighted by atomic mass is 10.1. The summed E-state index contributed by atoms with van der Waals surface area (Å²) in [6.07, 6.45) is 1.54. The average molecular weight is 342 g/mol. The molecule has 25 heavy (non-hydrogen) atoms. The predicted molar refractivity (Wildman–Crippen MR) is 96.7 cm³/mol. The summed E-state index contributed by atoms with van der Waals surface area (Å²) in [6.45, 7) is 10.2. The van der Waals surface area contributed by atoms with Crippen LogP contribution in [0.5, 0.6) is 5.75 Å². The lowest BCUT2D eigenvalue weighted by Crippen LogP contribution is -2.48. The standard InChI is InChI=1S/C20H26N2O3/c1-20(2,3)25-17-8-6-16(7-9-17)15-21-10-12-22(13-11-21)19(23)18-5-4-14-24-18/h4-9,14H,10-13,15H2,1-3H3. The quantitative estimate of drug-likeness (QED) is 0.854. The Hall–Kier alpha value is -2.27. The number of nitrogens with zero attached hydrogens (tertiary/aromatic N) is 2. The highest BCUT2D eigenvalue weighted by atomic mass is 16.5. The van der Waals surface area contributed by atoms with E-state index in [1.54, 1.807) is 12.1 Å². The van der Waals surface area contributed by atoms with Gasteiger partial charge in [0.25, 0.3) is 5.91 Å². The molecule has 0 bridgehead atoms. The molecule has 1 aliphatic rings. The van der Waals surface area contributed by atoms with Crippen LogP contribution in [0, 0.1) is 0 Å². The van der Waals surface area contributed by atoms with Crippen LogP contribution in [0.25, 0.3) is 0 Å². The number of hydrogen-bond acceptors (Lipinski definition) is 4. The molecule has 0 radical (unpaired) electrons. The van der Waals surface area contributed by atoms with Crippen molar-refractivity contribution in [2.75, 3.05) is 26.2 Å². The SMILES string of the molecule is CC(C)(C)Oc1ccc(CN2CCN(C(=O)c3ccco3)CC2)cc1. The van der Waals surface area contributed by atoms with E-state index in [0.717, 1.165) is 38.5 Å². The predicted octanol–water partition coefficient (Wildman–Crippen LogP) is 3.41. The molecule has 1 aromatic heterocycles. The summed E-state index contributed by atoms with van der Waals surface area (Å²) in [5, 5.41) is 0. The summed E-state index contributed by atoms with van der Waals surface area (Å²) in [4.78, 5) is 16.5. The molecular weight excluding hydrogens is 316 g/mol. The number of piperazine rings is 1. The molecule has 5 heteroatoms. The largest absolute Gasteiger partial charge is 0.488 e. The zero-order chi connectivity index (χ0) is 17.9. The molecule has 0 spiro atoms. The molecule has 134 valence electrons. The minimum Gasteiger partial charge on any atom is -0.488 e. The summed E-state index contributed by atoms with van der Waals surface area (Å²) in [5.41, 5.74) is 1.07. The number of carbonyl (C=O) groups is 1. The van der Waals surface area contributed by atoms with Gasteiger partial charge < -0.3 is 14.1 Å². The van der Waals surface area contributed by atoms with Gasteiger partial charge in [0.1, 0.15) is 11.4 Å². The Balaban J connectivity index is 1.50. The third kappa shape index (κ3) is 4.86. The number of benzene rings is 1.